The van der Waals surface area contributed by atoms with Crippen molar-refractivity contribution in [2.75, 3.05) is 6.61 Å². The summed E-state index contributed by atoms with van der Waals surface area (Å²) in [6.07, 6.45) is 3.32. The van der Waals surface area contributed by atoms with Gasteiger partial charge in [-0.2, -0.15) is 0 Å². The first kappa shape index (κ1) is 15.1. The number of aromatic nitrogens is 1. The molecule has 2 N–H and O–H groups in total. The Balaban J connectivity index is 2.12. The number of halogens is 1. The van der Waals surface area contributed by atoms with E-state index in [0.717, 1.165) is 5.56 Å². The molecule has 1 aromatic carbocycles. The fraction of sp³-hybridized carbons (Fsp3) is 0.250. The van der Waals surface area contributed by atoms with Crippen molar-refractivity contribution in [1.29, 1.82) is 0 Å². The van der Waals surface area contributed by atoms with Crippen LogP contribution in [0.2, 0.25) is 0 Å². The van der Waals surface area contributed by atoms with Crippen LogP contribution in [0.15, 0.2) is 48.8 Å². The van der Waals surface area contributed by atoms with E-state index in [4.69, 9.17) is 0 Å². The van der Waals surface area contributed by atoms with Crippen LogP contribution >= 0.6 is 0 Å². The minimum atomic E-state index is -1.12. The monoisotopic (exact) mass is 288 g/mol. The second kappa shape index (κ2) is 6.45. The normalized spacial score (nSPS) is 13.5. The molecule has 0 saturated heterocycles. The van der Waals surface area contributed by atoms with E-state index in [1.54, 1.807) is 25.4 Å². The Morgan fingerprint density at radius 1 is 1.33 bits per heavy atom. The van der Waals surface area contributed by atoms with Crippen LogP contribution in [0.25, 0.3) is 0 Å². The zero-order valence-corrected chi connectivity index (χ0v) is 11.7. The Bertz CT molecular complexity index is 601. The molecule has 1 aromatic heterocycles. The maximum atomic E-state index is 13.0. The van der Waals surface area contributed by atoms with Gasteiger partial charge >= 0.3 is 0 Å². The molecule has 1 atom stereocenters. The quantitative estimate of drug-likeness (QED) is 0.881. The molecule has 1 heterocycles. The number of benzene rings is 1. The molecule has 0 bridgehead atoms. The lowest BCUT2D eigenvalue weighted by molar-refractivity contribution is -0.127. The first-order valence-corrected chi connectivity index (χ1v) is 6.60. The van der Waals surface area contributed by atoms with Gasteiger partial charge in [0.05, 0.1) is 12.0 Å². The van der Waals surface area contributed by atoms with Crippen molar-refractivity contribution in [1.82, 2.24) is 10.3 Å². The zero-order chi connectivity index (χ0) is 15.3. The summed E-state index contributed by atoms with van der Waals surface area (Å²) in [5.74, 6) is -0.699. The van der Waals surface area contributed by atoms with Crippen molar-refractivity contribution >= 4 is 5.91 Å². The number of nitrogens with zero attached hydrogens (tertiary/aromatic N) is 1. The fourth-order valence-corrected chi connectivity index (χ4v) is 1.99. The summed E-state index contributed by atoms with van der Waals surface area (Å²) < 4.78 is 13.0. The van der Waals surface area contributed by atoms with Gasteiger partial charge in [0.2, 0.25) is 5.91 Å². The molecule has 0 spiro atoms. The van der Waals surface area contributed by atoms with Crippen LogP contribution in [-0.4, -0.2) is 22.6 Å². The van der Waals surface area contributed by atoms with E-state index in [9.17, 15) is 14.3 Å². The second-order valence-electron chi connectivity index (χ2n) is 5.04. The van der Waals surface area contributed by atoms with Crippen LogP contribution in [0.1, 0.15) is 18.1 Å². The molecule has 1 unspecified atom stereocenters. The first-order valence-electron chi connectivity index (χ1n) is 6.60. The summed E-state index contributed by atoms with van der Waals surface area (Å²) in [5.41, 5.74) is 0.316. The molecule has 2 rings (SSSR count). The lowest BCUT2D eigenvalue weighted by atomic mass is 9.82. The van der Waals surface area contributed by atoms with Gasteiger partial charge in [0.25, 0.3) is 0 Å². The van der Waals surface area contributed by atoms with Gasteiger partial charge in [0.1, 0.15) is 5.82 Å². The van der Waals surface area contributed by atoms with E-state index in [1.807, 2.05) is 6.07 Å². The summed E-state index contributed by atoms with van der Waals surface area (Å²) in [6.45, 7) is 1.58. The van der Waals surface area contributed by atoms with Gasteiger partial charge in [-0.1, -0.05) is 18.2 Å². The molecule has 0 fully saturated rings. The summed E-state index contributed by atoms with van der Waals surface area (Å²) in [7, 11) is 0. The zero-order valence-electron chi connectivity index (χ0n) is 11.7. The number of hydrogen-bond donors (Lipinski definition) is 2. The van der Waals surface area contributed by atoms with Crippen LogP contribution in [-0.2, 0) is 16.8 Å². The van der Waals surface area contributed by atoms with Gasteiger partial charge in [-0.3, -0.25) is 9.78 Å². The molecular weight excluding hydrogens is 271 g/mol. The number of pyridine rings is 1. The molecule has 5 heteroatoms. The molecule has 0 aliphatic rings. The minimum Gasteiger partial charge on any atom is -0.395 e. The molecular formula is C16H17FN2O2. The predicted octanol–water partition coefficient (Wildman–Crippen LogP) is 1.79. The van der Waals surface area contributed by atoms with Crippen LogP contribution in [0.3, 0.4) is 0 Å². The maximum Gasteiger partial charge on any atom is 0.232 e. The predicted molar refractivity (Wildman–Crippen MR) is 76.9 cm³/mol. The van der Waals surface area contributed by atoms with E-state index < -0.39 is 5.41 Å². The van der Waals surface area contributed by atoms with E-state index >= 15 is 0 Å². The van der Waals surface area contributed by atoms with E-state index in [0.29, 0.717) is 12.1 Å². The third-order valence-electron chi connectivity index (χ3n) is 3.47. The summed E-state index contributed by atoms with van der Waals surface area (Å²) >= 11 is 0. The summed E-state index contributed by atoms with van der Waals surface area (Å²) in [4.78, 5) is 16.3. The molecule has 0 aliphatic carbocycles. The molecule has 0 saturated carbocycles. The number of hydrogen-bond acceptors (Lipinski definition) is 3. The molecule has 1 amide bonds. The Kier molecular flexibility index (Phi) is 4.65. The lowest BCUT2D eigenvalue weighted by Crippen LogP contribution is -2.44. The standard InChI is InChI=1S/C16H17FN2O2/c1-16(11-20,13-4-6-14(17)7-5-13)15(21)19-10-12-3-2-8-18-9-12/h2-9,20H,10-11H2,1H3,(H,19,21). The van der Waals surface area contributed by atoms with Gasteiger partial charge in [0.15, 0.2) is 0 Å². The third kappa shape index (κ3) is 3.44. The highest BCUT2D eigenvalue weighted by Crippen LogP contribution is 2.24. The molecule has 110 valence electrons. The second-order valence-corrected chi connectivity index (χ2v) is 5.04. The highest BCUT2D eigenvalue weighted by Gasteiger charge is 2.34. The topological polar surface area (TPSA) is 62.2 Å². The van der Waals surface area contributed by atoms with Gasteiger partial charge in [-0.15, -0.1) is 0 Å². The number of carbonyl (C=O) groups excluding carboxylic acids is 1. The Morgan fingerprint density at radius 3 is 2.62 bits per heavy atom. The molecule has 2 aromatic rings. The number of nitrogens with one attached hydrogen (secondary N) is 1. The van der Waals surface area contributed by atoms with Gasteiger partial charge < -0.3 is 10.4 Å². The number of amides is 1. The fourth-order valence-electron chi connectivity index (χ4n) is 1.99. The van der Waals surface area contributed by atoms with Crippen molar-refractivity contribution in [3.8, 4) is 0 Å². The van der Waals surface area contributed by atoms with Crippen molar-refractivity contribution in [3.05, 3.63) is 65.7 Å². The molecule has 0 radical (unpaired) electrons. The number of rotatable bonds is 5. The van der Waals surface area contributed by atoms with Gasteiger partial charge in [-0.25, -0.2) is 4.39 Å². The summed E-state index contributed by atoms with van der Waals surface area (Å²) in [5, 5.41) is 12.4. The molecule has 4 nitrogen and oxygen atoms in total. The van der Waals surface area contributed by atoms with Crippen molar-refractivity contribution < 1.29 is 14.3 Å². The van der Waals surface area contributed by atoms with Crippen LogP contribution < -0.4 is 5.32 Å². The average Bonchev–Trinajstić information content (AvgIpc) is 2.53. The lowest BCUT2D eigenvalue weighted by Gasteiger charge is -2.26. The van der Waals surface area contributed by atoms with E-state index in [-0.39, 0.29) is 18.3 Å². The van der Waals surface area contributed by atoms with Crippen molar-refractivity contribution in [2.45, 2.75) is 18.9 Å². The SMILES string of the molecule is CC(CO)(C(=O)NCc1cccnc1)c1ccc(F)cc1. The number of aliphatic hydroxyl groups is 1. The number of carbonyl (C=O) groups is 1. The van der Waals surface area contributed by atoms with E-state index in [1.165, 1.54) is 24.3 Å². The third-order valence-corrected chi connectivity index (χ3v) is 3.47. The number of aliphatic hydroxyl groups excluding tert-OH is 1. The van der Waals surface area contributed by atoms with Crippen molar-refractivity contribution in [2.24, 2.45) is 0 Å². The Morgan fingerprint density at radius 2 is 2.05 bits per heavy atom. The Labute approximate surface area is 122 Å². The van der Waals surface area contributed by atoms with Crippen LogP contribution in [0, 0.1) is 5.82 Å². The molecule has 21 heavy (non-hydrogen) atoms. The highest BCUT2D eigenvalue weighted by molar-refractivity contribution is 5.87. The maximum absolute atomic E-state index is 13.0. The van der Waals surface area contributed by atoms with Gasteiger partial charge in [0, 0.05) is 18.9 Å². The van der Waals surface area contributed by atoms with Crippen molar-refractivity contribution in [3.63, 3.8) is 0 Å². The largest absolute Gasteiger partial charge is 0.395 e. The first-order chi connectivity index (χ1) is 10.1. The highest BCUT2D eigenvalue weighted by atomic mass is 19.1. The van der Waals surface area contributed by atoms with Gasteiger partial charge in [-0.05, 0) is 36.2 Å². The smallest absolute Gasteiger partial charge is 0.232 e. The average molecular weight is 288 g/mol. The van der Waals surface area contributed by atoms with E-state index in [2.05, 4.69) is 10.3 Å². The van der Waals surface area contributed by atoms with Crippen LogP contribution in [0.5, 0.6) is 0 Å². The minimum absolute atomic E-state index is 0.319. The van der Waals surface area contributed by atoms with Crippen LogP contribution in [0.4, 0.5) is 4.39 Å². The summed E-state index contributed by atoms with van der Waals surface area (Å²) in [6, 6.07) is 9.20. The molecule has 0 aliphatic heterocycles. The Hall–Kier alpha value is -2.27.